The first-order chi connectivity index (χ1) is 13.4. The molecule has 0 bridgehead atoms. The average molecular weight is 386 g/mol. The molecule has 4 rings (SSSR count). The second-order valence-electron chi connectivity index (χ2n) is 8.23. The summed E-state index contributed by atoms with van der Waals surface area (Å²) in [4.78, 5) is 50.6. The highest BCUT2D eigenvalue weighted by Gasteiger charge is 2.48. The van der Waals surface area contributed by atoms with Crippen LogP contribution in [0.15, 0.2) is 6.07 Å². The maximum atomic E-state index is 12.5. The fourth-order valence-electron chi connectivity index (χ4n) is 4.74. The molecule has 3 fully saturated rings. The van der Waals surface area contributed by atoms with Crippen molar-refractivity contribution >= 4 is 23.6 Å². The van der Waals surface area contributed by atoms with Crippen LogP contribution in [0.2, 0.25) is 0 Å². The summed E-state index contributed by atoms with van der Waals surface area (Å²) in [5, 5.41) is 0. The topological polar surface area (TPSA) is 85.7 Å². The molecule has 1 aliphatic heterocycles. The number of carbonyl (C=O) groups excluding carboxylic acids is 4. The number of esters is 1. The molecule has 0 radical (unpaired) electrons. The number of likely N-dealkylation sites (tertiary alicyclic amines) is 1. The molecule has 3 aliphatic rings. The number of carbonyl (C=O) groups is 4. The van der Waals surface area contributed by atoms with E-state index in [4.69, 9.17) is 4.74 Å². The Morgan fingerprint density at radius 3 is 2.21 bits per heavy atom. The highest BCUT2D eigenvalue weighted by Crippen LogP contribution is 2.39. The molecule has 2 saturated carbocycles. The van der Waals surface area contributed by atoms with E-state index in [0.717, 1.165) is 42.0 Å². The van der Waals surface area contributed by atoms with E-state index in [-0.39, 0.29) is 36.0 Å². The minimum atomic E-state index is -0.718. The van der Waals surface area contributed by atoms with E-state index in [1.807, 2.05) is 19.9 Å². The molecular formula is C21H26N2O5. The van der Waals surface area contributed by atoms with Crippen molar-refractivity contribution in [1.29, 1.82) is 0 Å². The molecule has 7 heteroatoms. The normalized spacial score (nSPS) is 24.4. The van der Waals surface area contributed by atoms with Gasteiger partial charge in [0.05, 0.1) is 11.8 Å². The molecule has 28 heavy (non-hydrogen) atoms. The van der Waals surface area contributed by atoms with Crippen LogP contribution >= 0.6 is 0 Å². The number of hydrogen-bond donors (Lipinski definition) is 0. The fourth-order valence-corrected chi connectivity index (χ4v) is 4.74. The molecule has 0 aromatic carbocycles. The van der Waals surface area contributed by atoms with Gasteiger partial charge in [-0.15, -0.1) is 0 Å². The van der Waals surface area contributed by atoms with Crippen molar-refractivity contribution < 1.29 is 23.9 Å². The molecule has 1 aromatic heterocycles. The summed E-state index contributed by atoms with van der Waals surface area (Å²) >= 11 is 0. The summed E-state index contributed by atoms with van der Waals surface area (Å²) in [5.74, 6) is -2.10. The molecule has 0 spiro atoms. The fraction of sp³-hybridized carbons (Fsp3) is 0.619. The Labute approximate surface area is 164 Å². The van der Waals surface area contributed by atoms with E-state index in [9.17, 15) is 19.2 Å². The van der Waals surface area contributed by atoms with Gasteiger partial charge in [0.25, 0.3) is 0 Å². The molecule has 0 unspecified atom stereocenters. The Morgan fingerprint density at radius 1 is 1.04 bits per heavy atom. The number of aromatic nitrogens is 1. The number of hydrogen-bond acceptors (Lipinski definition) is 5. The summed E-state index contributed by atoms with van der Waals surface area (Å²) < 4.78 is 7.27. The maximum absolute atomic E-state index is 12.5. The Balaban J connectivity index is 1.35. The Bertz CT molecular complexity index is 827. The van der Waals surface area contributed by atoms with Gasteiger partial charge in [0.15, 0.2) is 6.61 Å². The van der Waals surface area contributed by atoms with Gasteiger partial charge in [0, 0.05) is 23.0 Å². The van der Waals surface area contributed by atoms with Gasteiger partial charge in [0.1, 0.15) is 6.54 Å². The van der Waals surface area contributed by atoms with Crippen molar-refractivity contribution in [3.8, 4) is 0 Å². The van der Waals surface area contributed by atoms with Crippen molar-refractivity contribution in [2.75, 3.05) is 13.2 Å². The quantitative estimate of drug-likeness (QED) is 0.426. The van der Waals surface area contributed by atoms with E-state index in [0.29, 0.717) is 24.4 Å². The molecule has 2 heterocycles. The molecule has 1 aromatic rings. The van der Waals surface area contributed by atoms with Gasteiger partial charge in [0.2, 0.25) is 17.6 Å². The summed E-state index contributed by atoms with van der Waals surface area (Å²) in [6, 6.07) is 2.31. The predicted molar refractivity (Wildman–Crippen MR) is 99.6 cm³/mol. The van der Waals surface area contributed by atoms with Crippen molar-refractivity contribution in [2.24, 2.45) is 11.8 Å². The number of Topliss-reactive ketones (excluding diaryl/α,β-unsaturated/α-hetero) is 1. The zero-order valence-electron chi connectivity index (χ0n) is 16.4. The SMILES string of the molecule is Cc1cc(C(=O)COC(=O)CN2C(=O)[C@@H]3CCCC[C@H]3C2=O)c(C)n1C1CC1. The predicted octanol–water partition coefficient (Wildman–Crippen LogP) is 2.34. The number of imide groups is 1. The Kier molecular flexibility index (Phi) is 4.85. The van der Waals surface area contributed by atoms with Gasteiger partial charge < -0.3 is 9.30 Å². The van der Waals surface area contributed by atoms with Gasteiger partial charge in [-0.3, -0.25) is 24.1 Å². The van der Waals surface area contributed by atoms with E-state index in [2.05, 4.69) is 4.57 Å². The number of nitrogens with zero attached hydrogens (tertiary/aromatic N) is 2. The lowest BCUT2D eigenvalue weighted by Crippen LogP contribution is -2.37. The molecule has 2 amide bonds. The smallest absolute Gasteiger partial charge is 0.326 e. The van der Waals surface area contributed by atoms with Crippen LogP contribution in [-0.2, 0) is 19.1 Å². The molecule has 0 N–H and O–H groups in total. The van der Waals surface area contributed by atoms with Gasteiger partial charge in [-0.2, -0.15) is 0 Å². The van der Waals surface area contributed by atoms with Crippen LogP contribution in [0.5, 0.6) is 0 Å². The number of amides is 2. The first-order valence-corrected chi connectivity index (χ1v) is 10.1. The highest BCUT2D eigenvalue weighted by molar-refractivity contribution is 6.07. The van der Waals surface area contributed by atoms with E-state index < -0.39 is 12.5 Å². The monoisotopic (exact) mass is 386 g/mol. The maximum Gasteiger partial charge on any atom is 0.326 e. The minimum Gasteiger partial charge on any atom is -0.456 e. The van der Waals surface area contributed by atoms with E-state index in [1.54, 1.807) is 0 Å². The third-order valence-corrected chi connectivity index (χ3v) is 6.28. The zero-order chi connectivity index (χ0) is 20.0. The lowest BCUT2D eigenvalue weighted by molar-refractivity contribution is -0.152. The second kappa shape index (κ2) is 7.18. The van der Waals surface area contributed by atoms with Crippen molar-refractivity contribution in [3.63, 3.8) is 0 Å². The summed E-state index contributed by atoms with van der Waals surface area (Å²) in [6.07, 6.45) is 5.53. The standard InChI is InChI=1S/C21H26N2O5/c1-12-9-17(13(2)23(12)14-7-8-14)18(24)11-28-19(25)10-22-20(26)15-5-3-4-6-16(15)21(22)27/h9,14-16H,3-8,10-11H2,1-2H3/t15-,16-/m1/s1. The lowest BCUT2D eigenvalue weighted by Gasteiger charge is -2.19. The molecule has 1 saturated heterocycles. The first kappa shape index (κ1) is 18.9. The van der Waals surface area contributed by atoms with Crippen LogP contribution in [0.4, 0.5) is 0 Å². The molecular weight excluding hydrogens is 360 g/mol. The largest absolute Gasteiger partial charge is 0.456 e. The average Bonchev–Trinajstić information content (AvgIpc) is 3.43. The molecule has 7 nitrogen and oxygen atoms in total. The van der Waals surface area contributed by atoms with Crippen LogP contribution in [0.3, 0.4) is 0 Å². The van der Waals surface area contributed by atoms with Crippen molar-refractivity contribution in [2.45, 2.75) is 58.4 Å². The van der Waals surface area contributed by atoms with Gasteiger partial charge in [-0.05, 0) is 45.6 Å². The van der Waals surface area contributed by atoms with Crippen molar-refractivity contribution in [1.82, 2.24) is 9.47 Å². The molecule has 2 atom stereocenters. The lowest BCUT2D eigenvalue weighted by atomic mass is 9.81. The number of fused-ring (bicyclic) bond motifs is 1. The van der Waals surface area contributed by atoms with Gasteiger partial charge in [-0.1, -0.05) is 12.8 Å². The van der Waals surface area contributed by atoms with Gasteiger partial charge in [-0.25, -0.2) is 0 Å². The minimum absolute atomic E-state index is 0.263. The zero-order valence-corrected chi connectivity index (χ0v) is 16.4. The van der Waals surface area contributed by atoms with Crippen LogP contribution < -0.4 is 0 Å². The van der Waals surface area contributed by atoms with Crippen LogP contribution in [0.25, 0.3) is 0 Å². The number of aryl methyl sites for hydroxylation is 1. The van der Waals surface area contributed by atoms with E-state index in [1.165, 1.54) is 0 Å². The summed E-state index contributed by atoms with van der Waals surface area (Å²) in [6.45, 7) is 3.09. The van der Waals surface area contributed by atoms with E-state index >= 15 is 0 Å². The number of ether oxygens (including phenoxy) is 1. The third-order valence-electron chi connectivity index (χ3n) is 6.28. The molecule has 2 aliphatic carbocycles. The Hall–Kier alpha value is -2.44. The second-order valence-corrected chi connectivity index (χ2v) is 8.23. The summed E-state index contributed by atoms with van der Waals surface area (Å²) in [7, 11) is 0. The van der Waals surface area contributed by atoms with Crippen LogP contribution in [-0.4, -0.2) is 46.2 Å². The number of ketones is 1. The van der Waals surface area contributed by atoms with Crippen LogP contribution in [0.1, 0.15) is 66.3 Å². The number of rotatable bonds is 6. The molecule has 150 valence electrons. The summed E-state index contributed by atoms with van der Waals surface area (Å²) in [5.41, 5.74) is 2.50. The Morgan fingerprint density at radius 2 is 1.64 bits per heavy atom. The first-order valence-electron chi connectivity index (χ1n) is 10.1. The van der Waals surface area contributed by atoms with Crippen LogP contribution in [0, 0.1) is 25.7 Å². The van der Waals surface area contributed by atoms with Gasteiger partial charge >= 0.3 is 5.97 Å². The van der Waals surface area contributed by atoms with Crippen molar-refractivity contribution in [3.05, 3.63) is 23.0 Å². The third kappa shape index (κ3) is 3.27. The highest BCUT2D eigenvalue weighted by atomic mass is 16.5.